The van der Waals surface area contributed by atoms with Gasteiger partial charge in [0.2, 0.25) is 0 Å². The molecule has 0 aliphatic heterocycles. The largest absolute Gasteiger partial charge is 0.477 e. The molecule has 2 aromatic rings. The first-order valence-corrected chi connectivity index (χ1v) is 6.37. The molecule has 19 heavy (non-hydrogen) atoms. The van der Waals surface area contributed by atoms with Crippen LogP contribution in [-0.4, -0.2) is 11.1 Å². The zero-order valence-electron chi connectivity index (χ0n) is 10.0. The molecule has 0 saturated carbocycles. The molecule has 0 aliphatic carbocycles. The lowest BCUT2D eigenvalue weighted by Gasteiger charge is -2.03. The maximum absolute atomic E-state index is 13.2. The number of nitrogen functional groups attached to an aromatic ring is 1. The highest BCUT2D eigenvalue weighted by atomic mass is 32.1. The number of hydrogen-bond donors (Lipinski definition) is 2. The summed E-state index contributed by atoms with van der Waals surface area (Å²) in [6.07, 6.45) is 0.518. The van der Waals surface area contributed by atoms with Gasteiger partial charge in [0.25, 0.3) is 0 Å². The molecule has 0 atom stereocenters. The van der Waals surface area contributed by atoms with Gasteiger partial charge >= 0.3 is 5.97 Å². The molecule has 2 rings (SSSR count). The van der Waals surface area contributed by atoms with Crippen LogP contribution in [0.2, 0.25) is 0 Å². The van der Waals surface area contributed by atoms with Gasteiger partial charge in [0.15, 0.2) is 11.6 Å². The van der Waals surface area contributed by atoms with Crippen LogP contribution < -0.4 is 5.73 Å². The Morgan fingerprint density at radius 3 is 2.58 bits per heavy atom. The normalized spacial score (nSPS) is 10.7. The van der Waals surface area contributed by atoms with Gasteiger partial charge < -0.3 is 10.8 Å². The van der Waals surface area contributed by atoms with E-state index < -0.39 is 17.6 Å². The van der Waals surface area contributed by atoms with Crippen molar-refractivity contribution in [2.75, 3.05) is 5.73 Å². The molecule has 6 heteroatoms. The van der Waals surface area contributed by atoms with E-state index in [0.717, 1.165) is 23.5 Å². The molecule has 0 radical (unpaired) electrons. The first-order chi connectivity index (χ1) is 8.95. The number of hydrogen-bond acceptors (Lipinski definition) is 3. The first kappa shape index (κ1) is 13.5. The molecule has 3 N–H and O–H groups in total. The summed E-state index contributed by atoms with van der Waals surface area (Å²) in [5.41, 5.74) is 7.05. The standard InChI is InChI=1S/C13H11F2NO2S/c1-2-7-10(16)12(13(17)18)19-11(7)6-3-4-8(14)9(15)5-6/h3-5H,2,16H2,1H3,(H,17,18). The molecule has 1 aromatic heterocycles. The quantitative estimate of drug-likeness (QED) is 0.905. The maximum atomic E-state index is 13.2. The minimum Gasteiger partial charge on any atom is -0.477 e. The molecule has 1 aromatic carbocycles. The number of anilines is 1. The Kier molecular flexibility index (Phi) is 3.53. The lowest BCUT2D eigenvalue weighted by molar-refractivity contribution is 0.0703. The van der Waals surface area contributed by atoms with Gasteiger partial charge in [0, 0.05) is 4.88 Å². The molecule has 0 amide bonds. The van der Waals surface area contributed by atoms with Crippen LogP contribution in [0.1, 0.15) is 22.2 Å². The van der Waals surface area contributed by atoms with Crippen molar-refractivity contribution in [1.29, 1.82) is 0 Å². The third-order valence-corrected chi connectivity index (χ3v) is 4.06. The lowest BCUT2D eigenvalue weighted by Crippen LogP contribution is -1.99. The van der Waals surface area contributed by atoms with E-state index in [1.54, 1.807) is 0 Å². The molecule has 0 aliphatic rings. The van der Waals surface area contributed by atoms with Crippen molar-refractivity contribution in [2.45, 2.75) is 13.3 Å². The van der Waals surface area contributed by atoms with Crippen molar-refractivity contribution < 1.29 is 18.7 Å². The number of nitrogens with two attached hydrogens (primary N) is 1. The van der Waals surface area contributed by atoms with E-state index in [1.165, 1.54) is 6.07 Å². The van der Waals surface area contributed by atoms with E-state index in [4.69, 9.17) is 10.8 Å². The average molecular weight is 283 g/mol. The number of thiophene rings is 1. The fraction of sp³-hybridized carbons (Fsp3) is 0.154. The summed E-state index contributed by atoms with van der Waals surface area (Å²) >= 11 is 0.973. The zero-order valence-corrected chi connectivity index (χ0v) is 10.9. The predicted molar refractivity (Wildman–Crippen MR) is 70.4 cm³/mol. The van der Waals surface area contributed by atoms with E-state index in [-0.39, 0.29) is 10.6 Å². The van der Waals surface area contributed by atoms with Crippen molar-refractivity contribution in [2.24, 2.45) is 0 Å². The molecule has 0 spiro atoms. The summed E-state index contributed by atoms with van der Waals surface area (Å²) in [6.45, 7) is 1.83. The summed E-state index contributed by atoms with van der Waals surface area (Å²) in [4.78, 5) is 11.6. The van der Waals surface area contributed by atoms with Crippen LogP contribution in [0.3, 0.4) is 0 Å². The Labute approximate surface area is 112 Å². The third-order valence-electron chi connectivity index (χ3n) is 2.78. The fourth-order valence-electron chi connectivity index (χ4n) is 1.86. The second-order valence-electron chi connectivity index (χ2n) is 3.94. The first-order valence-electron chi connectivity index (χ1n) is 5.55. The van der Waals surface area contributed by atoms with E-state index in [0.29, 0.717) is 22.4 Å². The highest BCUT2D eigenvalue weighted by molar-refractivity contribution is 7.18. The topological polar surface area (TPSA) is 63.3 Å². The van der Waals surface area contributed by atoms with Gasteiger partial charge in [-0.3, -0.25) is 0 Å². The van der Waals surface area contributed by atoms with Crippen LogP contribution >= 0.6 is 11.3 Å². The second kappa shape index (κ2) is 4.97. The highest BCUT2D eigenvalue weighted by Crippen LogP contribution is 2.39. The van der Waals surface area contributed by atoms with Crippen LogP contribution in [0, 0.1) is 11.6 Å². The minimum atomic E-state index is -1.12. The smallest absolute Gasteiger partial charge is 0.348 e. The number of aromatic carboxylic acids is 1. The molecule has 0 bridgehead atoms. The number of carboxylic acid groups (broad SMARTS) is 1. The minimum absolute atomic E-state index is 0.0246. The molecule has 100 valence electrons. The summed E-state index contributed by atoms with van der Waals surface area (Å²) in [5, 5.41) is 9.04. The number of carboxylic acids is 1. The van der Waals surface area contributed by atoms with E-state index in [1.807, 2.05) is 6.92 Å². The Balaban J connectivity index is 2.64. The van der Waals surface area contributed by atoms with Crippen LogP contribution in [0.5, 0.6) is 0 Å². The highest BCUT2D eigenvalue weighted by Gasteiger charge is 2.20. The molecule has 0 fully saturated rings. The number of carbonyl (C=O) groups is 1. The van der Waals surface area contributed by atoms with E-state index in [9.17, 15) is 13.6 Å². The Morgan fingerprint density at radius 1 is 1.37 bits per heavy atom. The summed E-state index contributed by atoms with van der Waals surface area (Å²) in [6, 6.07) is 3.47. The molecule has 0 saturated heterocycles. The van der Waals surface area contributed by atoms with Gasteiger partial charge in [-0.1, -0.05) is 13.0 Å². The molecule has 0 unspecified atom stereocenters. The summed E-state index contributed by atoms with van der Waals surface area (Å²) < 4.78 is 26.2. The van der Waals surface area contributed by atoms with Crippen LogP contribution in [0.15, 0.2) is 18.2 Å². The molecular weight excluding hydrogens is 272 g/mol. The molecule has 1 heterocycles. The van der Waals surface area contributed by atoms with Crippen molar-refractivity contribution in [1.82, 2.24) is 0 Å². The monoisotopic (exact) mass is 283 g/mol. The lowest BCUT2D eigenvalue weighted by atomic mass is 10.1. The molecule has 3 nitrogen and oxygen atoms in total. The van der Waals surface area contributed by atoms with Gasteiger partial charge in [-0.05, 0) is 29.7 Å². The van der Waals surface area contributed by atoms with Crippen molar-refractivity contribution >= 4 is 23.0 Å². The number of halogens is 2. The van der Waals surface area contributed by atoms with Crippen LogP contribution in [0.4, 0.5) is 14.5 Å². The fourth-order valence-corrected chi connectivity index (χ4v) is 3.01. The van der Waals surface area contributed by atoms with Gasteiger partial charge in [-0.2, -0.15) is 0 Å². The SMILES string of the molecule is CCc1c(-c2ccc(F)c(F)c2)sc(C(=O)O)c1N. The zero-order chi connectivity index (χ0) is 14.2. The van der Waals surface area contributed by atoms with Gasteiger partial charge in [0.05, 0.1) is 5.69 Å². The number of benzene rings is 1. The Hall–Kier alpha value is -1.95. The van der Waals surface area contributed by atoms with Crippen LogP contribution in [-0.2, 0) is 6.42 Å². The van der Waals surface area contributed by atoms with E-state index in [2.05, 4.69) is 0 Å². The Morgan fingerprint density at radius 2 is 2.05 bits per heavy atom. The maximum Gasteiger partial charge on any atom is 0.348 e. The Bertz CT molecular complexity index is 652. The second-order valence-corrected chi connectivity index (χ2v) is 4.96. The van der Waals surface area contributed by atoms with Crippen molar-refractivity contribution in [3.05, 3.63) is 40.3 Å². The van der Waals surface area contributed by atoms with E-state index >= 15 is 0 Å². The summed E-state index contributed by atoms with van der Waals surface area (Å²) in [5.74, 6) is -3.03. The van der Waals surface area contributed by atoms with Gasteiger partial charge in [0.1, 0.15) is 4.88 Å². The molecular formula is C13H11F2NO2S. The van der Waals surface area contributed by atoms with Gasteiger partial charge in [-0.15, -0.1) is 11.3 Å². The van der Waals surface area contributed by atoms with Crippen LogP contribution in [0.25, 0.3) is 10.4 Å². The van der Waals surface area contributed by atoms with Crippen molar-refractivity contribution in [3.8, 4) is 10.4 Å². The predicted octanol–water partition coefficient (Wildman–Crippen LogP) is 3.54. The average Bonchev–Trinajstić information content (AvgIpc) is 2.70. The summed E-state index contributed by atoms with van der Waals surface area (Å²) in [7, 11) is 0. The van der Waals surface area contributed by atoms with Crippen molar-refractivity contribution in [3.63, 3.8) is 0 Å². The number of rotatable bonds is 3. The van der Waals surface area contributed by atoms with Gasteiger partial charge in [-0.25, -0.2) is 13.6 Å². The third kappa shape index (κ3) is 2.31.